The summed E-state index contributed by atoms with van der Waals surface area (Å²) in [5.74, 6) is -0.772. The highest BCUT2D eigenvalue weighted by Crippen LogP contribution is 2.55. The number of hydrogen-bond donors (Lipinski definition) is 0. The number of ether oxygens (including phenoxy) is 1. The van der Waals surface area contributed by atoms with Crippen LogP contribution >= 0.6 is 31.9 Å². The molecule has 0 N–H and O–H groups in total. The molecular weight excluding hydrogens is 340 g/mol. The fraction of sp³-hybridized carbons (Fsp3) is 0.818. The molecule has 0 aromatic rings. The van der Waals surface area contributed by atoms with E-state index in [-0.39, 0.29) is 11.8 Å². The van der Waals surface area contributed by atoms with Crippen molar-refractivity contribution in [2.24, 2.45) is 11.3 Å². The van der Waals surface area contributed by atoms with Gasteiger partial charge in [0.05, 0.1) is 21.7 Å². The van der Waals surface area contributed by atoms with Gasteiger partial charge in [0.25, 0.3) is 0 Å². The molecule has 0 radical (unpaired) electrons. The van der Waals surface area contributed by atoms with Gasteiger partial charge in [-0.2, -0.15) is 0 Å². The van der Waals surface area contributed by atoms with E-state index in [1.165, 1.54) is 0 Å². The normalized spacial score (nSPS) is 37.5. The third-order valence-electron chi connectivity index (χ3n) is 3.53. The summed E-state index contributed by atoms with van der Waals surface area (Å²) in [6, 6.07) is 0. The van der Waals surface area contributed by atoms with Crippen molar-refractivity contribution in [3.63, 3.8) is 0 Å². The van der Waals surface area contributed by atoms with E-state index >= 15 is 0 Å². The number of hydrogen-bond acceptors (Lipinski definition) is 3. The Morgan fingerprint density at radius 3 is 2.25 bits per heavy atom. The van der Waals surface area contributed by atoms with E-state index in [9.17, 15) is 9.59 Å². The zero-order chi connectivity index (χ0) is 12.7. The second-order valence-electron chi connectivity index (χ2n) is 4.72. The molecule has 0 spiro atoms. The third kappa shape index (κ3) is 1.86. The lowest BCUT2D eigenvalue weighted by atomic mass is 9.76. The third-order valence-corrected chi connectivity index (χ3v) is 5.89. The van der Waals surface area contributed by atoms with Gasteiger partial charge in [-0.3, -0.25) is 9.59 Å². The molecule has 5 heteroatoms. The lowest BCUT2D eigenvalue weighted by Crippen LogP contribution is -2.41. The van der Waals surface area contributed by atoms with Gasteiger partial charge in [-0.05, 0) is 13.8 Å². The summed E-state index contributed by atoms with van der Waals surface area (Å²) in [4.78, 5) is 23.5. The highest BCUT2D eigenvalue weighted by atomic mass is 79.9. The summed E-state index contributed by atoms with van der Waals surface area (Å²) >= 11 is 6.75. The lowest BCUT2D eigenvalue weighted by molar-refractivity contribution is -0.151. The van der Waals surface area contributed by atoms with Gasteiger partial charge in [0.2, 0.25) is 0 Å². The minimum absolute atomic E-state index is 0.00412. The van der Waals surface area contributed by atoms with Gasteiger partial charge in [0.1, 0.15) is 0 Å². The van der Waals surface area contributed by atoms with Gasteiger partial charge in [-0.15, -0.1) is 0 Å². The van der Waals surface area contributed by atoms with Crippen molar-refractivity contribution in [1.82, 2.24) is 0 Å². The average molecular weight is 356 g/mol. The van der Waals surface area contributed by atoms with E-state index in [4.69, 9.17) is 4.74 Å². The Morgan fingerprint density at radius 2 is 1.94 bits per heavy atom. The first kappa shape index (κ1) is 14.2. The molecule has 0 saturated heterocycles. The van der Waals surface area contributed by atoms with Crippen molar-refractivity contribution >= 4 is 43.6 Å². The van der Waals surface area contributed by atoms with Crippen LogP contribution in [0.2, 0.25) is 0 Å². The molecule has 1 saturated carbocycles. The van der Waals surface area contributed by atoms with E-state index in [2.05, 4.69) is 31.9 Å². The largest absolute Gasteiger partial charge is 0.466 e. The van der Waals surface area contributed by atoms with E-state index < -0.39 is 20.5 Å². The molecule has 0 aliphatic heterocycles. The van der Waals surface area contributed by atoms with Crippen LogP contribution in [0.5, 0.6) is 0 Å². The predicted molar refractivity (Wildman–Crippen MR) is 69.0 cm³/mol. The SMILES string of the molecule is CCOC(=O)C1C(Br)C(=O)C(C)(Br)C1(C)C. The van der Waals surface area contributed by atoms with E-state index in [1.54, 1.807) is 6.92 Å². The van der Waals surface area contributed by atoms with E-state index in [0.29, 0.717) is 6.61 Å². The molecular formula is C11H16Br2O3. The number of halogens is 2. The Hall–Kier alpha value is 0.1000. The van der Waals surface area contributed by atoms with E-state index in [1.807, 2.05) is 20.8 Å². The van der Waals surface area contributed by atoms with Crippen molar-refractivity contribution in [2.45, 2.75) is 36.8 Å². The van der Waals surface area contributed by atoms with Crippen molar-refractivity contribution in [3.8, 4) is 0 Å². The van der Waals surface area contributed by atoms with Crippen molar-refractivity contribution < 1.29 is 14.3 Å². The maximum Gasteiger partial charge on any atom is 0.311 e. The van der Waals surface area contributed by atoms with Crippen LogP contribution in [0, 0.1) is 11.3 Å². The number of rotatable bonds is 2. The molecule has 0 heterocycles. The monoisotopic (exact) mass is 354 g/mol. The molecule has 16 heavy (non-hydrogen) atoms. The predicted octanol–water partition coefficient (Wildman–Crippen LogP) is 2.69. The van der Waals surface area contributed by atoms with Gasteiger partial charge in [-0.1, -0.05) is 45.7 Å². The van der Waals surface area contributed by atoms with Crippen molar-refractivity contribution in [3.05, 3.63) is 0 Å². The van der Waals surface area contributed by atoms with Crippen LogP contribution in [-0.2, 0) is 14.3 Å². The molecule has 92 valence electrons. The second-order valence-corrected chi connectivity index (χ2v) is 7.29. The Bertz CT molecular complexity index is 323. The summed E-state index contributed by atoms with van der Waals surface area (Å²) in [5, 5.41) is 0. The van der Waals surface area contributed by atoms with Crippen LogP contribution in [0.4, 0.5) is 0 Å². The topological polar surface area (TPSA) is 43.4 Å². The molecule has 3 atom stereocenters. The zero-order valence-corrected chi connectivity index (χ0v) is 13.0. The van der Waals surface area contributed by atoms with E-state index in [0.717, 1.165) is 0 Å². The summed E-state index contributed by atoms with van der Waals surface area (Å²) in [5.41, 5.74) is -0.482. The molecule has 3 nitrogen and oxygen atoms in total. The highest BCUT2D eigenvalue weighted by Gasteiger charge is 2.63. The number of esters is 1. The van der Waals surface area contributed by atoms with Crippen molar-refractivity contribution in [2.75, 3.05) is 6.61 Å². The number of alkyl halides is 2. The Balaban J connectivity index is 3.11. The van der Waals surface area contributed by atoms with Gasteiger partial charge < -0.3 is 4.74 Å². The molecule has 3 unspecified atom stereocenters. The van der Waals surface area contributed by atoms with Crippen LogP contribution in [0.25, 0.3) is 0 Å². The molecule has 0 bridgehead atoms. The Morgan fingerprint density at radius 1 is 1.44 bits per heavy atom. The minimum Gasteiger partial charge on any atom is -0.466 e. The number of Topliss-reactive ketones (excluding diaryl/α,β-unsaturated/α-hetero) is 1. The minimum atomic E-state index is -0.703. The summed E-state index contributed by atoms with van der Waals surface area (Å²) < 4.78 is 4.33. The molecule has 1 aliphatic carbocycles. The van der Waals surface area contributed by atoms with Crippen LogP contribution in [-0.4, -0.2) is 27.5 Å². The molecule has 1 aliphatic rings. The van der Waals surface area contributed by atoms with Crippen LogP contribution in [0.1, 0.15) is 27.7 Å². The number of carbonyl (C=O) groups excluding carboxylic acids is 2. The van der Waals surface area contributed by atoms with Crippen LogP contribution in [0.15, 0.2) is 0 Å². The van der Waals surface area contributed by atoms with Gasteiger partial charge in [-0.25, -0.2) is 0 Å². The van der Waals surface area contributed by atoms with Gasteiger partial charge >= 0.3 is 5.97 Å². The van der Waals surface area contributed by atoms with Crippen LogP contribution in [0.3, 0.4) is 0 Å². The average Bonchev–Trinajstić information content (AvgIpc) is 2.26. The first-order valence-corrected chi connectivity index (χ1v) is 6.92. The quantitative estimate of drug-likeness (QED) is 0.565. The fourth-order valence-corrected chi connectivity index (χ4v) is 4.17. The Kier molecular flexibility index (Phi) is 3.90. The standard InChI is InChI=1S/C11H16Br2O3/c1-5-16-9(15)6-7(12)8(14)11(4,13)10(6,2)3/h6-7H,5H2,1-4H3. The maximum absolute atomic E-state index is 12.1. The van der Waals surface area contributed by atoms with Gasteiger partial charge in [0, 0.05) is 5.41 Å². The number of carbonyl (C=O) groups is 2. The van der Waals surface area contributed by atoms with Crippen molar-refractivity contribution in [1.29, 1.82) is 0 Å². The van der Waals surface area contributed by atoms with Gasteiger partial charge in [0.15, 0.2) is 5.78 Å². The smallest absolute Gasteiger partial charge is 0.311 e. The second kappa shape index (κ2) is 4.41. The first-order valence-electron chi connectivity index (χ1n) is 5.21. The summed E-state index contributed by atoms with van der Waals surface area (Å²) in [7, 11) is 0. The van der Waals surface area contributed by atoms with Crippen LogP contribution < -0.4 is 0 Å². The lowest BCUT2D eigenvalue weighted by Gasteiger charge is -2.34. The zero-order valence-electron chi connectivity index (χ0n) is 9.84. The fourth-order valence-electron chi connectivity index (χ4n) is 2.03. The molecule has 0 amide bonds. The summed E-state index contributed by atoms with van der Waals surface area (Å²) in [6.45, 7) is 7.71. The first-order chi connectivity index (χ1) is 7.17. The molecule has 0 aromatic carbocycles. The molecule has 0 aromatic heterocycles. The number of ketones is 1. The molecule has 1 fully saturated rings. The Labute approximate surface area is 113 Å². The molecule has 1 rings (SSSR count). The highest BCUT2D eigenvalue weighted by molar-refractivity contribution is 9.11. The summed E-state index contributed by atoms with van der Waals surface area (Å²) in [6.07, 6.45) is 0. The maximum atomic E-state index is 12.1.